The zero-order chi connectivity index (χ0) is 14.0. The summed E-state index contributed by atoms with van der Waals surface area (Å²) in [6.45, 7) is 3.88. The van der Waals surface area contributed by atoms with Crippen molar-refractivity contribution in [2.45, 2.75) is 32.2 Å². The van der Waals surface area contributed by atoms with Gasteiger partial charge in [-0.05, 0) is 37.1 Å². The van der Waals surface area contributed by atoms with Crippen molar-refractivity contribution in [3.05, 3.63) is 29.3 Å². The summed E-state index contributed by atoms with van der Waals surface area (Å²) in [5.74, 6) is -0.375. The normalized spacial score (nSPS) is 15.9. The Hall–Kier alpha value is -2.35. The predicted molar refractivity (Wildman–Crippen MR) is 70.2 cm³/mol. The molecule has 2 amide bonds. The number of amides is 2. The zero-order valence-electron chi connectivity index (χ0n) is 10.9. The molecule has 2 N–H and O–H groups in total. The Labute approximate surface area is 111 Å². The number of nitrogens with one attached hydrogen (secondary N) is 2. The van der Waals surface area contributed by atoms with E-state index in [-0.39, 0.29) is 18.2 Å². The number of anilines is 1. The van der Waals surface area contributed by atoms with E-state index in [1.54, 1.807) is 18.2 Å². The zero-order valence-corrected chi connectivity index (χ0v) is 10.9. The number of benzene rings is 1. The van der Waals surface area contributed by atoms with Gasteiger partial charge in [-0.1, -0.05) is 6.07 Å². The number of hydrogen-bond donors (Lipinski definition) is 2. The van der Waals surface area contributed by atoms with Gasteiger partial charge in [0.05, 0.1) is 18.0 Å². The van der Waals surface area contributed by atoms with Gasteiger partial charge in [-0.2, -0.15) is 5.26 Å². The van der Waals surface area contributed by atoms with E-state index in [1.165, 1.54) is 0 Å². The Morgan fingerprint density at radius 3 is 2.95 bits per heavy atom. The molecule has 0 fully saturated rings. The fourth-order valence-electron chi connectivity index (χ4n) is 2.34. The van der Waals surface area contributed by atoms with Gasteiger partial charge in [-0.3, -0.25) is 9.59 Å². The van der Waals surface area contributed by atoms with E-state index >= 15 is 0 Å². The summed E-state index contributed by atoms with van der Waals surface area (Å²) in [5.41, 5.74) is 2.17. The van der Waals surface area contributed by atoms with Crippen LogP contribution in [0, 0.1) is 11.3 Å². The molecule has 0 unspecified atom stereocenters. The molecule has 19 heavy (non-hydrogen) atoms. The number of fused-ring (bicyclic) bond motifs is 1. The first-order valence-electron chi connectivity index (χ1n) is 6.03. The third-order valence-corrected chi connectivity index (χ3v) is 3.10. The SMILES string of the molecule is CC1(C)NC(=O)Cc2cc(NC(=O)CC#N)ccc21. The third-order valence-electron chi connectivity index (χ3n) is 3.10. The van der Waals surface area contributed by atoms with Crippen molar-refractivity contribution >= 4 is 17.5 Å². The molecule has 0 saturated carbocycles. The molecule has 0 saturated heterocycles. The van der Waals surface area contributed by atoms with Crippen molar-refractivity contribution < 1.29 is 9.59 Å². The van der Waals surface area contributed by atoms with Crippen molar-refractivity contribution in [1.82, 2.24) is 5.32 Å². The van der Waals surface area contributed by atoms with Gasteiger partial charge in [0.2, 0.25) is 11.8 Å². The fraction of sp³-hybridized carbons (Fsp3) is 0.357. The lowest BCUT2D eigenvalue weighted by atomic mass is 9.85. The van der Waals surface area contributed by atoms with Gasteiger partial charge in [0.25, 0.3) is 0 Å². The Kier molecular flexibility index (Phi) is 3.26. The maximum absolute atomic E-state index is 11.6. The van der Waals surface area contributed by atoms with Crippen LogP contribution in [0.5, 0.6) is 0 Å². The lowest BCUT2D eigenvalue weighted by molar-refractivity contribution is -0.122. The van der Waals surface area contributed by atoms with Crippen LogP contribution in [0.15, 0.2) is 18.2 Å². The molecule has 0 atom stereocenters. The van der Waals surface area contributed by atoms with Gasteiger partial charge < -0.3 is 10.6 Å². The van der Waals surface area contributed by atoms with Crippen LogP contribution in [0.3, 0.4) is 0 Å². The van der Waals surface area contributed by atoms with E-state index in [0.29, 0.717) is 12.1 Å². The molecule has 1 aliphatic heterocycles. The highest BCUT2D eigenvalue weighted by atomic mass is 16.2. The highest BCUT2D eigenvalue weighted by Gasteiger charge is 2.30. The second-order valence-electron chi connectivity index (χ2n) is 5.10. The Bertz CT molecular complexity index is 585. The molecule has 0 spiro atoms. The van der Waals surface area contributed by atoms with E-state index in [9.17, 15) is 9.59 Å². The van der Waals surface area contributed by atoms with E-state index in [4.69, 9.17) is 5.26 Å². The molecule has 98 valence electrons. The van der Waals surface area contributed by atoms with Crippen molar-refractivity contribution in [1.29, 1.82) is 5.26 Å². The van der Waals surface area contributed by atoms with Gasteiger partial charge >= 0.3 is 0 Å². The summed E-state index contributed by atoms with van der Waals surface area (Å²) in [4.78, 5) is 23.0. The summed E-state index contributed by atoms with van der Waals surface area (Å²) in [7, 11) is 0. The first kappa shape index (κ1) is 13.1. The molecule has 1 aliphatic rings. The number of rotatable bonds is 2. The van der Waals surface area contributed by atoms with Crippen LogP contribution in [-0.2, 0) is 21.5 Å². The minimum atomic E-state index is -0.403. The molecular formula is C14H15N3O2. The smallest absolute Gasteiger partial charge is 0.238 e. The lowest BCUT2D eigenvalue weighted by Crippen LogP contribution is -2.46. The van der Waals surface area contributed by atoms with Crippen molar-refractivity contribution in [2.24, 2.45) is 0 Å². The van der Waals surface area contributed by atoms with Crippen LogP contribution in [-0.4, -0.2) is 11.8 Å². The molecule has 0 aliphatic carbocycles. The topological polar surface area (TPSA) is 82.0 Å². The second-order valence-corrected chi connectivity index (χ2v) is 5.10. The van der Waals surface area contributed by atoms with Crippen LogP contribution >= 0.6 is 0 Å². The quantitative estimate of drug-likeness (QED) is 0.841. The fourth-order valence-corrected chi connectivity index (χ4v) is 2.34. The van der Waals surface area contributed by atoms with Crippen molar-refractivity contribution in [3.8, 4) is 6.07 Å². The molecule has 1 heterocycles. The minimum Gasteiger partial charge on any atom is -0.347 e. The average Bonchev–Trinajstić information content (AvgIpc) is 2.26. The van der Waals surface area contributed by atoms with E-state index in [0.717, 1.165) is 11.1 Å². The Balaban J connectivity index is 2.29. The highest BCUT2D eigenvalue weighted by molar-refractivity contribution is 5.92. The molecule has 5 heteroatoms. The molecule has 0 radical (unpaired) electrons. The van der Waals surface area contributed by atoms with Crippen LogP contribution < -0.4 is 10.6 Å². The van der Waals surface area contributed by atoms with Crippen molar-refractivity contribution in [3.63, 3.8) is 0 Å². The number of hydrogen-bond acceptors (Lipinski definition) is 3. The summed E-state index contributed by atoms with van der Waals surface area (Å²) in [6.07, 6.45) is 0.129. The van der Waals surface area contributed by atoms with Gasteiger partial charge in [-0.15, -0.1) is 0 Å². The molecule has 0 bridgehead atoms. The summed E-state index contributed by atoms with van der Waals surface area (Å²) in [6, 6.07) is 7.28. The Morgan fingerprint density at radius 1 is 1.53 bits per heavy atom. The number of nitrogens with zero attached hydrogens (tertiary/aromatic N) is 1. The largest absolute Gasteiger partial charge is 0.347 e. The standard InChI is InChI=1S/C14H15N3O2/c1-14(2)11-4-3-10(16-12(18)5-6-15)7-9(11)8-13(19)17-14/h3-4,7H,5,8H2,1-2H3,(H,16,18)(H,17,19). The molecule has 1 aromatic carbocycles. The van der Waals surface area contributed by atoms with Gasteiger partial charge in [0, 0.05) is 5.69 Å². The van der Waals surface area contributed by atoms with E-state index in [1.807, 2.05) is 19.9 Å². The lowest BCUT2D eigenvalue weighted by Gasteiger charge is -2.33. The molecular weight excluding hydrogens is 242 g/mol. The molecule has 1 aromatic rings. The monoisotopic (exact) mass is 257 g/mol. The third kappa shape index (κ3) is 2.74. The first-order valence-corrected chi connectivity index (χ1v) is 6.03. The maximum Gasteiger partial charge on any atom is 0.238 e. The van der Waals surface area contributed by atoms with Gasteiger partial charge in [0.15, 0.2) is 0 Å². The number of nitriles is 1. The predicted octanol–water partition coefficient (Wildman–Crippen LogP) is 1.45. The van der Waals surface area contributed by atoms with Gasteiger partial charge in [-0.25, -0.2) is 0 Å². The average molecular weight is 257 g/mol. The van der Waals surface area contributed by atoms with Crippen LogP contribution in [0.25, 0.3) is 0 Å². The van der Waals surface area contributed by atoms with Crippen LogP contribution in [0.1, 0.15) is 31.4 Å². The summed E-state index contributed by atoms with van der Waals surface area (Å²) < 4.78 is 0. The molecule has 0 aromatic heterocycles. The van der Waals surface area contributed by atoms with Crippen LogP contribution in [0.2, 0.25) is 0 Å². The van der Waals surface area contributed by atoms with E-state index < -0.39 is 5.54 Å². The summed E-state index contributed by atoms with van der Waals surface area (Å²) in [5, 5.41) is 14.0. The van der Waals surface area contributed by atoms with E-state index in [2.05, 4.69) is 10.6 Å². The van der Waals surface area contributed by atoms with Gasteiger partial charge in [0.1, 0.15) is 6.42 Å². The maximum atomic E-state index is 11.6. The van der Waals surface area contributed by atoms with Crippen molar-refractivity contribution in [2.75, 3.05) is 5.32 Å². The number of carbonyl (C=O) groups excluding carboxylic acids is 2. The molecule has 2 rings (SSSR count). The minimum absolute atomic E-state index is 0.0296. The first-order chi connectivity index (χ1) is 8.92. The Morgan fingerprint density at radius 2 is 2.26 bits per heavy atom. The second kappa shape index (κ2) is 4.73. The number of carbonyl (C=O) groups is 2. The highest BCUT2D eigenvalue weighted by Crippen LogP contribution is 2.30. The molecule has 5 nitrogen and oxygen atoms in total. The summed E-state index contributed by atoms with van der Waals surface area (Å²) >= 11 is 0. The van der Waals surface area contributed by atoms with Crippen LogP contribution in [0.4, 0.5) is 5.69 Å².